The molecule has 2 amide bonds. The molecule has 1 unspecified atom stereocenters. The minimum atomic E-state index is -0.404. The number of likely N-dealkylation sites (tertiary alicyclic amines) is 1. The van der Waals surface area contributed by atoms with Gasteiger partial charge in [-0.2, -0.15) is 0 Å². The number of carbonyl (C=O) groups excluding carboxylic acids is 2. The first-order valence-corrected chi connectivity index (χ1v) is 9.07. The average molecular weight is 347 g/mol. The van der Waals surface area contributed by atoms with E-state index in [0.717, 1.165) is 12.8 Å². The fourth-order valence-electron chi connectivity index (χ4n) is 4.50. The maximum atomic E-state index is 12.9. The van der Waals surface area contributed by atoms with E-state index in [0.29, 0.717) is 25.1 Å². The van der Waals surface area contributed by atoms with Gasteiger partial charge in [-0.05, 0) is 59.1 Å². The van der Waals surface area contributed by atoms with Crippen molar-refractivity contribution < 1.29 is 14.0 Å². The van der Waals surface area contributed by atoms with E-state index in [4.69, 9.17) is 4.42 Å². The summed E-state index contributed by atoms with van der Waals surface area (Å²) < 4.78 is 5.34. The Morgan fingerprint density at radius 3 is 2.60 bits per heavy atom. The summed E-state index contributed by atoms with van der Waals surface area (Å²) in [7, 11) is 0. The van der Waals surface area contributed by atoms with E-state index in [1.54, 1.807) is 17.2 Å². The Morgan fingerprint density at radius 2 is 2.00 bits per heavy atom. The number of nitrogens with one attached hydrogen (secondary N) is 2. The number of rotatable bonds is 4. The Hall–Kier alpha value is -1.82. The van der Waals surface area contributed by atoms with Gasteiger partial charge in [-0.1, -0.05) is 0 Å². The normalized spacial score (nSPS) is 26.0. The Balaban J connectivity index is 1.66. The molecule has 6 heteroatoms. The first kappa shape index (κ1) is 18.0. The highest BCUT2D eigenvalue weighted by Crippen LogP contribution is 2.29. The molecule has 6 nitrogen and oxygen atoms in total. The molecular formula is C19H29N3O3. The van der Waals surface area contributed by atoms with Crippen LogP contribution in [0.15, 0.2) is 22.8 Å². The van der Waals surface area contributed by atoms with E-state index in [2.05, 4.69) is 38.3 Å². The molecule has 1 aromatic rings. The van der Waals surface area contributed by atoms with Crippen molar-refractivity contribution >= 4 is 11.8 Å². The minimum Gasteiger partial charge on any atom is -0.467 e. The van der Waals surface area contributed by atoms with Crippen LogP contribution in [-0.4, -0.2) is 39.9 Å². The zero-order valence-corrected chi connectivity index (χ0v) is 15.6. The minimum absolute atomic E-state index is 0.0162. The third-order valence-corrected chi connectivity index (χ3v) is 5.07. The van der Waals surface area contributed by atoms with Gasteiger partial charge in [0, 0.05) is 23.5 Å². The zero-order valence-electron chi connectivity index (χ0n) is 15.6. The SMILES string of the molecule is CC1(C)CC(NC(=O)C2CCC(=O)N2Cc2ccco2)CC(C)(C)N1. The van der Waals surface area contributed by atoms with Gasteiger partial charge in [0.1, 0.15) is 11.8 Å². The molecule has 3 rings (SSSR count). The van der Waals surface area contributed by atoms with Crippen molar-refractivity contribution in [2.24, 2.45) is 0 Å². The second kappa shape index (κ2) is 6.48. The lowest BCUT2D eigenvalue weighted by molar-refractivity contribution is -0.136. The average Bonchev–Trinajstić information content (AvgIpc) is 3.07. The molecule has 0 saturated carbocycles. The summed E-state index contributed by atoms with van der Waals surface area (Å²) in [5.74, 6) is 0.676. The zero-order chi connectivity index (χ0) is 18.2. The fourth-order valence-corrected chi connectivity index (χ4v) is 4.50. The van der Waals surface area contributed by atoms with Crippen LogP contribution in [0.4, 0.5) is 0 Å². The highest BCUT2D eigenvalue weighted by Gasteiger charge is 2.41. The van der Waals surface area contributed by atoms with Crippen LogP contribution in [0.1, 0.15) is 59.1 Å². The second-order valence-electron chi connectivity index (χ2n) is 8.66. The summed E-state index contributed by atoms with van der Waals surface area (Å²) in [4.78, 5) is 26.7. The molecule has 138 valence electrons. The van der Waals surface area contributed by atoms with Gasteiger partial charge in [0.2, 0.25) is 11.8 Å². The van der Waals surface area contributed by atoms with E-state index in [9.17, 15) is 9.59 Å². The monoisotopic (exact) mass is 347 g/mol. The molecule has 2 aliphatic heterocycles. The van der Waals surface area contributed by atoms with Crippen LogP contribution in [0.3, 0.4) is 0 Å². The molecule has 2 N–H and O–H groups in total. The molecule has 0 aliphatic carbocycles. The molecule has 1 aromatic heterocycles. The first-order chi connectivity index (χ1) is 11.7. The van der Waals surface area contributed by atoms with Gasteiger partial charge in [-0.25, -0.2) is 0 Å². The summed E-state index contributed by atoms with van der Waals surface area (Å²) in [6.45, 7) is 9.00. The number of amides is 2. The van der Waals surface area contributed by atoms with Crippen molar-refractivity contribution in [3.8, 4) is 0 Å². The van der Waals surface area contributed by atoms with Crippen molar-refractivity contribution in [1.29, 1.82) is 0 Å². The molecule has 0 radical (unpaired) electrons. The lowest BCUT2D eigenvalue weighted by Gasteiger charge is -2.46. The lowest BCUT2D eigenvalue weighted by atomic mass is 9.79. The molecule has 2 aliphatic rings. The van der Waals surface area contributed by atoms with Crippen LogP contribution in [0.5, 0.6) is 0 Å². The third-order valence-electron chi connectivity index (χ3n) is 5.07. The van der Waals surface area contributed by atoms with Gasteiger partial charge in [-0.15, -0.1) is 0 Å². The number of nitrogens with zero attached hydrogens (tertiary/aromatic N) is 1. The Morgan fingerprint density at radius 1 is 1.32 bits per heavy atom. The van der Waals surface area contributed by atoms with E-state index in [1.807, 2.05) is 6.07 Å². The summed E-state index contributed by atoms with van der Waals surface area (Å²) in [6.07, 6.45) is 4.33. The van der Waals surface area contributed by atoms with E-state index >= 15 is 0 Å². The third kappa shape index (κ3) is 4.24. The van der Waals surface area contributed by atoms with Crippen molar-refractivity contribution in [1.82, 2.24) is 15.5 Å². The van der Waals surface area contributed by atoms with Gasteiger partial charge >= 0.3 is 0 Å². The van der Waals surface area contributed by atoms with E-state index < -0.39 is 6.04 Å². The Bertz CT molecular complexity index is 620. The lowest BCUT2D eigenvalue weighted by Crippen LogP contribution is -2.63. The molecule has 0 bridgehead atoms. The second-order valence-corrected chi connectivity index (χ2v) is 8.66. The Kier molecular flexibility index (Phi) is 4.66. The van der Waals surface area contributed by atoms with Crippen LogP contribution in [0.2, 0.25) is 0 Å². The maximum absolute atomic E-state index is 12.9. The van der Waals surface area contributed by atoms with Gasteiger partial charge in [0.25, 0.3) is 0 Å². The molecule has 2 fully saturated rings. The molecule has 1 atom stereocenters. The van der Waals surface area contributed by atoms with Gasteiger partial charge < -0.3 is 20.0 Å². The van der Waals surface area contributed by atoms with Crippen LogP contribution >= 0.6 is 0 Å². The standard InChI is InChI=1S/C19H29N3O3/c1-18(2)10-13(11-19(3,4)21-18)20-17(24)15-7-8-16(23)22(15)12-14-6-5-9-25-14/h5-6,9,13,15,21H,7-8,10-12H2,1-4H3,(H,20,24). The number of furan rings is 1. The maximum Gasteiger partial charge on any atom is 0.243 e. The largest absolute Gasteiger partial charge is 0.467 e. The van der Waals surface area contributed by atoms with Crippen LogP contribution in [-0.2, 0) is 16.1 Å². The number of hydrogen-bond donors (Lipinski definition) is 2. The van der Waals surface area contributed by atoms with E-state index in [-0.39, 0.29) is 28.9 Å². The van der Waals surface area contributed by atoms with Crippen molar-refractivity contribution in [3.63, 3.8) is 0 Å². The molecule has 3 heterocycles. The van der Waals surface area contributed by atoms with Gasteiger partial charge in [-0.3, -0.25) is 9.59 Å². The molecule has 2 saturated heterocycles. The molecule has 25 heavy (non-hydrogen) atoms. The quantitative estimate of drug-likeness (QED) is 0.876. The number of carbonyl (C=O) groups is 2. The van der Waals surface area contributed by atoms with Crippen LogP contribution in [0, 0.1) is 0 Å². The molecule has 0 spiro atoms. The summed E-state index contributed by atoms with van der Waals surface area (Å²) in [5.41, 5.74) is -0.0574. The first-order valence-electron chi connectivity index (χ1n) is 9.07. The van der Waals surface area contributed by atoms with Gasteiger partial charge in [0.05, 0.1) is 12.8 Å². The highest BCUT2D eigenvalue weighted by atomic mass is 16.3. The summed E-state index contributed by atoms with van der Waals surface area (Å²) in [6, 6.07) is 3.33. The molecule has 0 aromatic carbocycles. The van der Waals surface area contributed by atoms with Crippen LogP contribution in [0.25, 0.3) is 0 Å². The van der Waals surface area contributed by atoms with Crippen molar-refractivity contribution in [2.45, 2.75) is 83.1 Å². The summed E-state index contributed by atoms with van der Waals surface area (Å²) >= 11 is 0. The summed E-state index contributed by atoms with van der Waals surface area (Å²) in [5, 5.41) is 6.82. The predicted octanol–water partition coefficient (Wildman–Crippen LogP) is 2.20. The fraction of sp³-hybridized carbons (Fsp3) is 0.684. The smallest absolute Gasteiger partial charge is 0.243 e. The topological polar surface area (TPSA) is 74.6 Å². The van der Waals surface area contributed by atoms with E-state index in [1.165, 1.54) is 0 Å². The van der Waals surface area contributed by atoms with Gasteiger partial charge in [0.15, 0.2) is 0 Å². The number of piperidine rings is 1. The highest BCUT2D eigenvalue weighted by molar-refractivity contribution is 5.91. The molecular weight excluding hydrogens is 318 g/mol. The Labute approximate surface area is 149 Å². The van der Waals surface area contributed by atoms with Crippen molar-refractivity contribution in [3.05, 3.63) is 24.2 Å². The van der Waals surface area contributed by atoms with Crippen LogP contribution < -0.4 is 10.6 Å². The number of hydrogen-bond acceptors (Lipinski definition) is 4. The predicted molar refractivity (Wildman–Crippen MR) is 94.7 cm³/mol. The van der Waals surface area contributed by atoms with Crippen molar-refractivity contribution in [2.75, 3.05) is 0 Å².